The minimum Gasteiger partial charge on any atom is -0.387 e. The van der Waals surface area contributed by atoms with Gasteiger partial charge in [0.05, 0.1) is 6.10 Å². The normalized spacial score (nSPS) is 12.2. The van der Waals surface area contributed by atoms with Crippen molar-refractivity contribution in [2.45, 2.75) is 12.5 Å². The molecule has 0 aliphatic carbocycles. The van der Waals surface area contributed by atoms with Crippen LogP contribution >= 0.6 is 27.5 Å². The van der Waals surface area contributed by atoms with E-state index in [-0.39, 0.29) is 0 Å². The molecule has 1 aromatic rings. The summed E-state index contributed by atoms with van der Waals surface area (Å²) in [6.07, 6.45) is 4.77. The summed E-state index contributed by atoms with van der Waals surface area (Å²) in [5.74, 6) is 2.40. The van der Waals surface area contributed by atoms with Crippen LogP contribution in [-0.2, 0) is 0 Å². The smallest absolute Gasteiger partial charge is 0.0910 e. The molecule has 0 aromatic heterocycles. The fourth-order valence-corrected chi connectivity index (χ4v) is 1.94. The molecule has 0 heterocycles. The van der Waals surface area contributed by atoms with Crippen LogP contribution in [0, 0.1) is 12.3 Å². The summed E-state index contributed by atoms with van der Waals surface area (Å²) < 4.78 is 0.780. The average molecular weight is 260 g/mol. The lowest BCUT2D eigenvalue weighted by molar-refractivity contribution is 0.183. The predicted molar refractivity (Wildman–Crippen MR) is 57.6 cm³/mol. The summed E-state index contributed by atoms with van der Waals surface area (Å²) in [5.41, 5.74) is 0.766. The van der Waals surface area contributed by atoms with Crippen molar-refractivity contribution in [3.63, 3.8) is 0 Å². The molecule has 0 saturated heterocycles. The van der Waals surface area contributed by atoms with E-state index in [4.69, 9.17) is 18.0 Å². The van der Waals surface area contributed by atoms with E-state index in [9.17, 15) is 5.11 Å². The van der Waals surface area contributed by atoms with Crippen molar-refractivity contribution >= 4 is 27.5 Å². The predicted octanol–water partition coefficient (Wildman–Crippen LogP) is 3.16. The number of rotatable bonds is 2. The fraction of sp³-hybridized carbons (Fsp3) is 0.200. The van der Waals surface area contributed by atoms with Gasteiger partial charge in [0.1, 0.15) is 0 Å². The molecular formula is C10H8BrClO. The first-order valence-corrected chi connectivity index (χ1v) is 4.88. The standard InChI is InChI=1S/C10H8BrClO/c1-2-3-10(13)8-5-4-7(12)6-9(8)11/h1,4-6,10,13H,3H2. The molecule has 1 unspecified atom stereocenters. The molecular weight excluding hydrogens is 251 g/mol. The molecule has 1 N–H and O–H groups in total. The molecule has 0 spiro atoms. The molecule has 0 bridgehead atoms. The van der Waals surface area contributed by atoms with Gasteiger partial charge in [0, 0.05) is 15.9 Å². The van der Waals surface area contributed by atoms with Gasteiger partial charge in [0.15, 0.2) is 0 Å². The third kappa shape index (κ3) is 2.73. The average Bonchev–Trinajstić information content (AvgIpc) is 2.04. The van der Waals surface area contributed by atoms with Gasteiger partial charge in [-0.25, -0.2) is 0 Å². The van der Waals surface area contributed by atoms with Crippen molar-refractivity contribution < 1.29 is 5.11 Å². The van der Waals surface area contributed by atoms with Crippen LogP contribution in [0.3, 0.4) is 0 Å². The van der Waals surface area contributed by atoms with Gasteiger partial charge in [0.2, 0.25) is 0 Å². The van der Waals surface area contributed by atoms with Gasteiger partial charge < -0.3 is 5.11 Å². The van der Waals surface area contributed by atoms with Gasteiger partial charge in [-0.2, -0.15) is 0 Å². The minimum absolute atomic E-state index is 0.306. The minimum atomic E-state index is -0.628. The zero-order valence-corrected chi connectivity index (χ0v) is 9.14. The summed E-state index contributed by atoms with van der Waals surface area (Å²) in [6.45, 7) is 0. The summed E-state index contributed by atoms with van der Waals surface area (Å²) >= 11 is 9.05. The van der Waals surface area contributed by atoms with Gasteiger partial charge >= 0.3 is 0 Å². The van der Waals surface area contributed by atoms with Crippen molar-refractivity contribution in [2.75, 3.05) is 0 Å². The molecule has 1 aromatic carbocycles. The molecule has 1 atom stereocenters. The first-order valence-electron chi connectivity index (χ1n) is 3.71. The Morgan fingerprint density at radius 3 is 2.85 bits per heavy atom. The zero-order chi connectivity index (χ0) is 9.84. The van der Waals surface area contributed by atoms with E-state index in [1.54, 1.807) is 18.2 Å². The SMILES string of the molecule is C#CCC(O)c1ccc(Cl)cc1Br. The Morgan fingerprint density at radius 1 is 1.62 bits per heavy atom. The van der Waals surface area contributed by atoms with Crippen LogP contribution in [0.25, 0.3) is 0 Å². The summed E-state index contributed by atoms with van der Waals surface area (Å²) in [4.78, 5) is 0. The summed E-state index contributed by atoms with van der Waals surface area (Å²) in [6, 6.07) is 5.21. The van der Waals surface area contributed by atoms with Gasteiger partial charge in [-0.1, -0.05) is 33.6 Å². The van der Waals surface area contributed by atoms with Crippen molar-refractivity contribution in [1.82, 2.24) is 0 Å². The molecule has 0 amide bonds. The van der Waals surface area contributed by atoms with E-state index in [1.807, 2.05) is 0 Å². The fourth-order valence-electron chi connectivity index (χ4n) is 0.993. The maximum atomic E-state index is 9.58. The number of aliphatic hydroxyl groups is 1. The van der Waals surface area contributed by atoms with Crippen LogP contribution in [0.1, 0.15) is 18.1 Å². The van der Waals surface area contributed by atoms with E-state index in [0.29, 0.717) is 11.4 Å². The lowest BCUT2D eigenvalue weighted by Crippen LogP contribution is -1.96. The first-order chi connectivity index (χ1) is 6.15. The second kappa shape index (κ2) is 4.66. The molecule has 68 valence electrons. The third-order valence-electron chi connectivity index (χ3n) is 1.63. The number of aliphatic hydroxyl groups excluding tert-OH is 1. The van der Waals surface area contributed by atoms with E-state index < -0.39 is 6.10 Å². The van der Waals surface area contributed by atoms with Gasteiger partial charge in [-0.05, 0) is 17.7 Å². The highest BCUT2D eigenvalue weighted by molar-refractivity contribution is 9.10. The Balaban J connectivity index is 2.96. The Kier molecular flexibility index (Phi) is 3.80. The van der Waals surface area contributed by atoms with Crippen LogP contribution in [-0.4, -0.2) is 5.11 Å². The zero-order valence-electron chi connectivity index (χ0n) is 6.80. The summed E-state index contributed by atoms with van der Waals surface area (Å²) in [5, 5.41) is 10.2. The van der Waals surface area contributed by atoms with Gasteiger partial charge in [-0.15, -0.1) is 12.3 Å². The monoisotopic (exact) mass is 258 g/mol. The van der Waals surface area contributed by atoms with E-state index >= 15 is 0 Å². The molecule has 0 aliphatic heterocycles. The van der Waals surface area contributed by atoms with Crippen LogP contribution in [0.5, 0.6) is 0 Å². The van der Waals surface area contributed by atoms with Crippen LogP contribution < -0.4 is 0 Å². The first kappa shape index (κ1) is 10.6. The quantitative estimate of drug-likeness (QED) is 0.809. The van der Waals surface area contributed by atoms with Crippen LogP contribution in [0.2, 0.25) is 5.02 Å². The number of halogens is 2. The third-order valence-corrected chi connectivity index (χ3v) is 2.55. The topological polar surface area (TPSA) is 20.2 Å². The lowest BCUT2D eigenvalue weighted by Gasteiger charge is -2.09. The van der Waals surface area contributed by atoms with Crippen molar-refractivity contribution in [1.29, 1.82) is 0 Å². The Morgan fingerprint density at radius 2 is 2.31 bits per heavy atom. The van der Waals surface area contributed by atoms with Crippen molar-refractivity contribution in [3.8, 4) is 12.3 Å². The highest BCUT2D eigenvalue weighted by Gasteiger charge is 2.09. The van der Waals surface area contributed by atoms with Crippen LogP contribution in [0.4, 0.5) is 0 Å². The van der Waals surface area contributed by atoms with E-state index in [0.717, 1.165) is 10.0 Å². The second-order valence-electron chi connectivity index (χ2n) is 2.59. The second-order valence-corrected chi connectivity index (χ2v) is 3.88. The maximum absolute atomic E-state index is 9.58. The van der Waals surface area contributed by atoms with Crippen molar-refractivity contribution in [3.05, 3.63) is 33.3 Å². The molecule has 1 rings (SSSR count). The molecule has 13 heavy (non-hydrogen) atoms. The molecule has 0 fully saturated rings. The molecule has 1 nitrogen and oxygen atoms in total. The van der Waals surface area contributed by atoms with Crippen LogP contribution in [0.15, 0.2) is 22.7 Å². The number of terminal acetylenes is 1. The largest absolute Gasteiger partial charge is 0.387 e. The molecule has 0 aliphatic rings. The maximum Gasteiger partial charge on any atom is 0.0910 e. The van der Waals surface area contributed by atoms with E-state index in [2.05, 4.69) is 21.9 Å². The van der Waals surface area contributed by atoms with Gasteiger partial charge in [0.25, 0.3) is 0 Å². The lowest BCUT2D eigenvalue weighted by atomic mass is 10.1. The molecule has 0 saturated carbocycles. The van der Waals surface area contributed by atoms with E-state index in [1.165, 1.54) is 0 Å². The van der Waals surface area contributed by atoms with Gasteiger partial charge in [-0.3, -0.25) is 0 Å². The Bertz CT molecular complexity index is 343. The Hall–Kier alpha value is -0.490. The Labute approximate surface area is 90.9 Å². The van der Waals surface area contributed by atoms with Crippen molar-refractivity contribution in [2.24, 2.45) is 0 Å². The summed E-state index contributed by atoms with van der Waals surface area (Å²) in [7, 11) is 0. The number of benzene rings is 1. The highest BCUT2D eigenvalue weighted by atomic mass is 79.9. The number of hydrogen-bond donors (Lipinski definition) is 1. The molecule has 3 heteroatoms. The highest BCUT2D eigenvalue weighted by Crippen LogP contribution is 2.27. The number of hydrogen-bond acceptors (Lipinski definition) is 1. The molecule has 0 radical (unpaired) electrons.